The Morgan fingerprint density at radius 1 is 1.55 bits per heavy atom. The number of aromatic nitrogens is 1. The van der Waals surface area contributed by atoms with Crippen LogP contribution in [0.15, 0.2) is 24.5 Å². The molecule has 106 valence electrons. The third kappa shape index (κ3) is 3.21. The van der Waals surface area contributed by atoms with Crippen LogP contribution in [0.3, 0.4) is 0 Å². The maximum absolute atomic E-state index is 12.5. The zero-order valence-corrected chi connectivity index (χ0v) is 11.2. The second-order valence-electron chi connectivity index (χ2n) is 4.56. The second kappa shape index (κ2) is 6.29. The highest BCUT2D eigenvalue weighted by Crippen LogP contribution is 2.16. The van der Waals surface area contributed by atoms with E-state index in [1.165, 1.54) is 18.5 Å². The number of carboxylic acids is 1. The van der Waals surface area contributed by atoms with Crippen LogP contribution in [0.5, 0.6) is 0 Å². The summed E-state index contributed by atoms with van der Waals surface area (Å²) in [5.74, 6) is -1.19. The van der Waals surface area contributed by atoms with Crippen molar-refractivity contribution in [3.63, 3.8) is 0 Å². The molecule has 6 heteroatoms. The molecule has 0 aromatic carbocycles. The van der Waals surface area contributed by atoms with Crippen LogP contribution in [0.2, 0.25) is 0 Å². The third-order valence-corrected chi connectivity index (χ3v) is 3.12. The van der Waals surface area contributed by atoms with Gasteiger partial charge < -0.3 is 14.7 Å². The molecule has 1 atom stereocenters. The summed E-state index contributed by atoms with van der Waals surface area (Å²) in [5, 5.41) is 8.68. The first-order chi connectivity index (χ1) is 9.59. The Hall–Kier alpha value is -2.21. The maximum Gasteiger partial charge on any atom is 0.328 e. The summed E-state index contributed by atoms with van der Waals surface area (Å²) in [6.45, 7) is 3.48. The first-order valence-corrected chi connectivity index (χ1v) is 6.33. The van der Waals surface area contributed by atoms with Gasteiger partial charge in [-0.1, -0.05) is 0 Å². The number of nitrogens with zero attached hydrogens (tertiary/aromatic N) is 2. The fourth-order valence-corrected chi connectivity index (χ4v) is 2.08. The largest absolute Gasteiger partial charge is 0.478 e. The van der Waals surface area contributed by atoms with E-state index in [4.69, 9.17) is 9.84 Å². The Bertz CT molecular complexity index is 542. The fraction of sp³-hybridized carbons (Fsp3) is 0.357. The van der Waals surface area contributed by atoms with Gasteiger partial charge in [0.15, 0.2) is 0 Å². The highest BCUT2D eigenvalue weighted by Gasteiger charge is 2.25. The van der Waals surface area contributed by atoms with Gasteiger partial charge in [0.25, 0.3) is 5.91 Å². The zero-order chi connectivity index (χ0) is 14.5. The topological polar surface area (TPSA) is 79.7 Å². The zero-order valence-electron chi connectivity index (χ0n) is 11.2. The van der Waals surface area contributed by atoms with Gasteiger partial charge in [-0.2, -0.15) is 0 Å². The molecule has 6 nitrogen and oxygen atoms in total. The molecular weight excluding hydrogens is 260 g/mol. The lowest BCUT2D eigenvalue weighted by atomic mass is 10.1. The Kier molecular flexibility index (Phi) is 4.47. The summed E-state index contributed by atoms with van der Waals surface area (Å²) in [7, 11) is 0. The first kappa shape index (κ1) is 14.2. The smallest absolute Gasteiger partial charge is 0.328 e. The van der Waals surface area contributed by atoms with Crippen molar-refractivity contribution in [1.29, 1.82) is 0 Å². The van der Waals surface area contributed by atoms with E-state index >= 15 is 0 Å². The SMILES string of the molecule is CC1COCCN1C(=O)c1ccncc1C=CC(=O)O. The van der Waals surface area contributed by atoms with Crippen LogP contribution < -0.4 is 0 Å². The third-order valence-electron chi connectivity index (χ3n) is 3.12. The van der Waals surface area contributed by atoms with Crippen LogP contribution >= 0.6 is 0 Å². The predicted octanol–water partition coefficient (Wildman–Crippen LogP) is 1.04. The van der Waals surface area contributed by atoms with Crippen molar-refractivity contribution >= 4 is 18.0 Å². The first-order valence-electron chi connectivity index (χ1n) is 6.33. The van der Waals surface area contributed by atoms with Crippen molar-refractivity contribution < 1.29 is 19.4 Å². The van der Waals surface area contributed by atoms with Crippen LogP contribution in [0.4, 0.5) is 0 Å². The van der Waals surface area contributed by atoms with Crippen LogP contribution in [-0.4, -0.2) is 52.7 Å². The molecule has 20 heavy (non-hydrogen) atoms. The molecule has 0 bridgehead atoms. The van der Waals surface area contributed by atoms with E-state index in [0.29, 0.717) is 30.9 Å². The van der Waals surface area contributed by atoms with Gasteiger partial charge in [-0.25, -0.2) is 4.79 Å². The van der Waals surface area contributed by atoms with Gasteiger partial charge in [0.2, 0.25) is 0 Å². The number of aliphatic carboxylic acids is 1. The van der Waals surface area contributed by atoms with Crippen molar-refractivity contribution in [3.05, 3.63) is 35.7 Å². The van der Waals surface area contributed by atoms with Crippen molar-refractivity contribution in [2.24, 2.45) is 0 Å². The molecule has 2 rings (SSSR count). The molecule has 1 amide bonds. The van der Waals surface area contributed by atoms with Crippen LogP contribution in [0, 0.1) is 0 Å². The van der Waals surface area contributed by atoms with E-state index in [0.717, 1.165) is 6.08 Å². The van der Waals surface area contributed by atoms with Crippen molar-refractivity contribution in [2.75, 3.05) is 19.8 Å². The predicted molar refractivity (Wildman–Crippen MR) is 72.2 cm³/mol. The Labute approximate surface area is 116 Å². The van der Waals surface area contributed by atoms with Gasteiger partial charge in [-0.05, 0) is 19.1 Å². The Morgan fingerprint density at radius 2 is 2.35 bits per heavy atom. The average molecular weight is 276 g/mol. The Balaban J connectivity index is 2.27. The number of carboxylic acid groups (broad SMARTS) is 1. The van der Waals surface area contributed by atoms with E-state index in [9.17, 15) is 9.59 Å². The van der Waals surface area contributed by atoms with Gasteiger partial charge in [-0.15, -0.1) is 0 Å². The molecule has 0 saturated carbocycles. The van der Waals surface area contributed by atoms with Crippen molar-refractivity contribution in [3.8, 4) is 0 Å². The lowest BCUT2D eigenvalue weighted by molar-refractivity contribution is -0.131. The molecule has 1 aromatic rings. The molecule has 2 heterocycles. The van der Waals surface area contributed by atoms with Gasteiger partial charge in [0, 0.05) is 36.1 Å². The van der Waals surface area contributed by atoms with Crippen LogP contribution in [0.25, 0.3) is 6.08 Å². The van der Waals surface area contributed by atoms with E-state index in [1.807, 2.05) is 6.92 Å². The molecule has 1 fully saturated rings. The molecule has 0 spiro atoms. The van der Waals surface area contributed by atoms with Crippen LogP contribution in [-0.2, 0) is 9.53 Å². The highest BCUT2D eigenvalue weighted by atomic mass is 16.5. The van der Waals surface area contributed by atoms with E-state index < -0.39 is 5.97 Å². The minimum Gasteiger partial charge on any atom is -0.478 e. The fourth-order valence-electron chi connectivity index (χ4n) is 2.08. The summed E-state index contributed by atoms with van der Waals surface area (Å²) in [6.07, 6.45) is 5.39. The monoisotopic (exact) mass is 276 g/mol. The number of rotatable bonds is 3. The lowest BCUT2D eigenvalue weighted by Crippen LogP contribution is -2.47. The molecule has 0 aliphatic carbocycles. The lowest BCUT2D eigenvalue weighted by Gasteiger charge is -2.33. The van der Waals surface area contributed by atoms with Crippen molar-refractivity contribution in [1.82, 2.24) is 9.88 Å². The van der Waals surface area contributed by atoms with E-state index in [-0.39, 0.29) is 11.9 Å². The number of pyridine rings is 1. The summed E-state index contributed by atoms with van der Waals surface area (Å²) >= 11 is 0. The second-order valence-corrected chi connectivity index (χ2v) is 4.56. The van der Waals surface area contributed by atoms with Gasteiger partial charge in [0.05, 0.1) is 19.3 Å². The van der Waals surface area contributed by atoms with Crippen LogP contribution in [0.1, 0.15) is 22.8 Å². The molecule has 0 radical (unpaired) electrons. The van der Waals surface area contributed by atoms with Crippen molar-refractivity contribution in [2.45, 2.75) is 13.0 Å². The number of morpholine rings is 1. The van der Waals surface area contributed by atoms with E-state index in [2.05, 4.69) is 4.98 Å². The average Bonchev–Trinajstić information content (AvgIpc) is 2.45. The Morgan fingerprint density at radius 3 is 3.05 bits per heavy atom. The molecule has 1 aromatic heterocycles. The molecule has 1 N–H and O–H groups in total. The molecule has 1 unspecified atom stereocenters. The summed E-state index contributed by atoms with van der Waals surface area (Å²) < 4.78 is 5.31. The molecular formula is C14H16N2O4. The van der Waals surface area contributed by atoms with Gasteiger partial charge in [0.1, 0.15) is 0 Å². The summed E-state index contributed by atoms with van der Waals surface area (Å²) in [5.41, 5.74) is 0.949. The van der Waals surface area contributed by atoms with Gasteiger partial charge in [-0.3, -0.25) is 9.78 Å². The number of ether oxygens (including phenoxy) is 1. The minimum absolute atomic E-state index is 0.000665. The molecule has 1 saturated heterocycles. The molecule has 1 aliphatic heterocycles. The normalized spacial score (nSPS) is 19.2. The minimum atomic E-state index is -1.06. The van der Waals surface area contributed by atoms with E-state index in [1.54, 1.807) is 11.0 Å². The quantitative estimate of drug-likeness (QED) is 0.834. The number of hydrogen-bond acceptors (Lipinski definition) is 4. The standard InChI is InChI=1S/C14H16N2O4/c1-10-9-20-7-6-16(10)14(19)12-4-5-15-8-11(12)2-3-13(17)18/h2-5,8,10H,6-7,9H2,1H3,(H,17,18). The maximum atomic E-state index is 12.5. The summed E-state index contributed by atoms with van der Waals surface area (Å²) in [6, 6.07) is 1.60. The number of carbonyl (C=O) groups excluding carboxylic acids is 1. The number of amides is 1. The summed E-state index contributed by atoms with van der Waals surface area (Å²) in [4.78, 5) is 28.8. The van der Waals surface area contributed by atoms with Gasteiger partial charge >= 0.3 is 5.97 Å². The molecule has 1 aliphatic rings. The number of hydrogen-bond donors (Lipinski definition) is 1. The highest BCUT2D eigenvalue weighted by molar-refractivity contribution is 5.99. The number of carbonyl (C=O) groups is 2.